The molecule has 0 saturated carbocycles. The first kappa shape index (κ1) is 18.0. The van der Waals surface area contributed by atoms with Crippen molar-refractivity contribution in [2.24, 2.45) is 5.92 Å². The number of nitrogens with zero attached hydrogens (tertiary/aromatic N) is 2. The number of hydrogen-bond acceptors (Lipinski definition) is 2. The van der Waals surface area contributed by atoms with Crippen LogP contribution in [0.1, 0.15) is 42.4 Å². The number of hydrogen-bond donors (Lipinski definition) is 1. The Labute approximate surface area is 138 Å². The number of carbonyl (C=O) groups excluding carboxylic acids is 1. The first-order valence-corrected chi connectivity index (χ1v) is 7.64. The third-order valence-corrected chi connectivity index (χ3v) is 4.03. The summed E-state index contributed by atoms with van der Waals surface area (Å²) in [6, 6.07) is 4.83. The van der Waals surface area contributed by atoms with Crippen LogP contribution in [0.2, 0.25) is 0 Å². The van der Waals surface area contributed by atoms with Crippen LogP contribution in [0, 0.1) is 12.8 Å². The Hall–Kier alpha value is -2.31. The van der Waals surface area contributed by atoms with Gasteiger partial charge >= 0.3 is 6.18 Å². The molecule has 0 fully saturated rings. The summed E-state index contributed by atoms with van der Waals surface area (Å²) in [4.78, 5) is 12.3. The Kier molecular flexibility index (Phi) is 5.01. The molecule has 1 aromatic carbocycles. The molecule has 1 unspecified atom stereocenters. The van der Waals surface area contributed by atoms with E-state index in [9.17, 15) is 18.0 Å². The van der Waals surface area contributed by atoms with E-state index in [1.165, 1.54) is 23.0 Å². The van der Waals surface area contributed by atoms with Gasteiger partial charge in [0.25, 0.3) is 5.91 Å². The van der Waals surface area contributed by atoms with Crippen LogP contribution in [0.5, 0.6) is 0 Å². The molecule has 0 aliphatic rings. The van der Waals surface area contributed by atoms with E-state index in [-0.39, 0.29) is 23.6 Å². The van der Waals surface area contributed by atoms with Crippen molar-refractivity contribution in [1.82, 2.24) is 15.1 Å². The third-order valence-electron chi connectivity index (χ3n) is 4.03. The molecule has 1 aromatic heterocycles. The summed E-state index contributed by atoms with van der Waals surface area (Å²) >= 11 is 0. The van der Waals surface area contributed by atoms with Crippen LogP contribution in [-0.2, 0) is 6.18 Å². The molecule has 0 bridgehead atoms. The van der Waals surface area contributed by atoms with E-state index in [1.807, 2.05) is 20.8 Å². The van der Waals surface area contributed by atoms with E-state index >= 15 is 0 Å². The van der Waals surface area contributed by atoms with Crippen molar-refractivity contribution >= 4 is 5.91 Å². The van der Waals surface area contributed by atoms with Crippen LogP contribution in [0.15, 0.2) is 30.5 Å². The quantitative estimate of drug-likeness (QED) is 0.916. The maximum atomic E-state index is 12.8. The Balaban J connectivity index is 2.32. The SMILES string of the molecule is Cc1c(C(=O)NC(C)C(C)C)cnn1-c1cccc(C(F)(F)F)c1. The summed E-state index contributed by atoms with van der Waals surface area (Å²) in [5.74, 6) is -0.0142. The summed E-state index contributed by atoms with van der Waals surface area (Å²) in [6.45, 7) is 7.53. The minimum Gasteiger partial charge on any atom is -0.349 e. The second-order valence-corrected chi connectivity index (χ2v) is 6.11. The Morgan fingerprint density at radius 3 is 2.50 bits per heavy atom. The maximum Gasteiger partial charge on any atom is 0.416 e. The van der Waals surface area contributed by atoms with Gasteiger partial charge in [0.1, 0.15) is 0 Å². The fourth-order valence-electron chi connectivity index (χ4n) is 2.16. The first-order valence-electron chi connectivity index (χ1n) is 7.64. The lowest BCUT2D eigenvalue weighted by Gasteiger charge is -2.17. The van der Waals surface area contributed by atoms with Crippen LogP contribution in [0.25, 0.3) is 5.69 Å². The number of amides is 1. The molecule has 24 heavy (non-hydrogen) atoms. The molecule has 0 radical (unpaired) electrons. The van der Waals surface area contributed by atoms with E-state index in [0.29, 0.717) is 11.3 Å². The number of rotatable bonds is 4. The Morgan fingerprint density at radius 1 is 1.25 bits per heavy atom. The van der Waals surface area contributed by atoms with Gasteiger partial charge in [0, 0.05) is 6.04 Å². The number of alkyl halides is 3. The van der Waals surface area contributed by atoms with Crippen molar-refractivity contribution in [3.05, 3.63) is 47.3 Å². The second-order valence-electron chi connectivity index (χ2n) is 6.11. The van der Waals surface area contributed by atoms with Crippen molar-refractivity contribution in [3.63, 3.8) is 0 Å². The summed E-state index contributed by atoms with van der Waals surface area (Å²) < 4.78 is 39.9. The minimum absolute atomic E-state index is 0.0196. The van der Waals surface area contributed by atoms with Crippen molar-refractivity contribution < 1.29 is 18.0 Å². The van der Waals surface area contributed by atoms with Crippen LogP contribution < -0.4 is 5.32 Å². The number of aromatic nitrogens is 2. The van der Waals surface area contributed by atoms with E-state index in [0.717, 1.165) is 12.1 Å². The van der Waals surface area contributed by atoms with Crippen molar-refractivity contribution in [1.29, 1.82) is 0 Å². The second kappa shape index (κ2) is 6.67. The van der Waals surface area contributed by atoms with Crippen molar-refractivity contribution in [2.75, 3.05) is 0 Å². The molecule has 1 heterocycles. The van der Waals surface area contributed by atoms with E-state index in [2.05, 4.69) is 10.4 Å². The molecule has 1 N–H and O–H groups in total. The topological polar surface area (TPSA) is 46.9 Å². The van der Waals surface area contributed by atoms with Crippen LogP contribution in [-0.4, -0.2) is 21.7 Å². The van der Waals surface area contributed by atoms with Gasteiger partial charge in [-0.3, -0.25) is 4.79 Å². The largest absolute Gasteiger partial charge is 0.416 e. The average Bonchev–Trinajstić information content (AvgIpc) is 2.88. The minimum atomic E-state index is -4.43. The van der Waals surface area contributed by atoms with E-state index in [1.54, 1.807) is 6.92 Å². The van der Waals surface area contributed by atoms with Crippen molar-refractivity contribution in [3.8, 4) is 5.69 Å². The molecule has 4 nitrogen and oxygen atoms in total. The lowest BCUT2D eigenvalue weighted by molar-refractivity contribution is -0.137. The smallest absolute Gasteiger partial charge is 0.349 e. The molecule has 2 rings (SSSR count). The summed E-state index contributed by atoms with van der Waals surface area (Å²) in [5.41, 5.74) is 0.343. The lowest BCUT2D eigenvalue weighted by Crippen LogP contribution is -2.36. The van der Waals surface area contributed by atoms with Gasteiger partial charge in [-0.05, 0) is 38.0 Å². The van der Waals surface area contributed by atoms with Gasteiger partial charge < -0.3 is 5.32 Å². The highest BCUT2D eigenvalue weighted by molar-refractivity contribution is 5.95. The summed E-state index contributed by atoms with van der Waals surface area (Å²) in [7, 11) is 0. The molecule has 0 spiro atoms. The van der Waals surface area contributed by atoms with Gasteiger partial charge in [0.15, 0.2) is 0 Å². The number of nitrogens with one attached hydrogen (secondary N) is 1. The normalized spacial score (nSPS) is 13.2. The molecule has 0 aliphatic heterocycles. The first-order chi connectivity index (χ1) is 11.1. The number of benzene rings is 1. The monoisotopic (exact) mass is 339 g/mol. The standard InChI is InChI=1S/C17H20F3N3O/c1-10(2)11(3)22-16(24)15-9-21-23(12(15)4)14-7-5-6-13(8-14)17(18,19)20/h5-11H,1-4H3,(H,22,24). The molecular weight excluding hydrogens is 319 g/mol. The highest BCUT2D eigenvalue weighted by atomic mass is 19.4. The summed E-state index contributed by atoms with van der Waals surface area (Å²) in [5, 5.41) is 6.94. The fraction of sp³-hybridized carbons (Fsp3) is 0.412. The van der Waals surface area contributed by atoms with Crippen LogP contribution in [0.3, 0.4) is 0 Å². The van der Waals surface area contributed by atoms with E-state index in [4.69, 9.17) is 0 Å². The van der Waals surface area contributed by atoms with E-state index < -0.39 is 11.7 Å². The Bertz CT molecular complexity index is 735. The van der Waals surface area contributed by atoms with Gasteiger partial charge in [-0.1, -0.05) is 19.9 Å². The fourth-order valence-corrected chi connectivity index (χ4v) is 2.16. The maximum absolute atomic E-state index is 12.8. The molecule has 0 saturated heterocycles. The van der Waals surface area contributed by atoms with Crippen LogP contribution >= 0.6 is 0 Å². The van der Waals surface area contributed by atoms with Gasteiger partial charge in [0.05, 0.1) is 28.7 Å². The van der Waals surface area contributed by atoms with Crippen LogP contribution in [0.4, 0.5) is 13.2 Å². The van der Waals surface area contributed by atoms with Gasteiger partial charge in [-0.25, -0.2) is 4.68 Å². The predicted molar refractivity (Wildman–Crippen MR) is 85.1 cm³/mol. The van der Waals surface area contributed by atoms with Gasteiger partial charge in [0.2, 0.25) is 0 Å². The predicted octanol–water partition coefficient (Wildman–Crippen LogP) is 3.97. The highest BCUT2D eigenvalue weighted by Crippen LogP contribution is 2.30. The molecule has 1 atom stereocenters. The number of carbonyl (C=O) groups is 1. The summed E-state index contributed by atoms with van der Waals surface area (Å²) in [6.07, 6.45) is -3.05. The molecule has 7 heteroatoms. The lowest BCUT2D eigenvalue weighted by atomic mass is 10.1. The zero-order valence-corrected chi connectivity index (χ0v) is 14.0. The van der Waals surface area contributed by atoms with Crippen molar-refractivity contribution in [2.45, 2.75) is 39.9 Å². The molecule has 1 amide bonds. The Morgan fingerprint density at radius 2 is 1.92 bits per heavy atom. The molecule has 2 aromatic rings. The average molecular weight is 339 g/mol. The highest BCUT2D eigenvalue weighted by Gasteiger charge is 2.30. The molecular formula is C17H20F3N3O. The zero-order valence-electron chi connectivity index (χ0n) is 14.0. The molecule has 130 valence electrons. The van der Waals surface area contributed by atoms with Gasteiger partial charge in [-0.15, -0.1) is 0 Å². The van der Waals surface area contributed by atoms with Gasteiger partial charge in [-0.2, -0.15) is 18.3 Å². The molecule has 0 aliphatic carbocycles. The number of halogens is 3. The third kappa shape index (κ3) is 3.77. The zero-order chi connectivity index (χ0) is 18.1.